The quantitative estimate of drug-likeness (QED) is 0.333. The third-order valence-corrected chi connectivity index (χ3v) is 6.80. The molecule has 1 unspecified atom stereocenters. The molecule has 0 aliphatic heterocycles. The van der Waals surface area contributed by atoms with Gasteiger partial charge < -0.3 is 10.4 Å². The van der Waals surface area contributed by atoms with E-state index in [4.69, 9.17) is 27.1 Å². The number of carbonyl (C=O) groups is 1. The summed E-state index contributed by atoms with van der Waals surface area (Å²) in [6, 6.07) is 5.96. The van der Waals surface area contributed by atoms with E-state index < -0.39 is 34.3 Å². The predicted octanol–water partition coefficient (Wildman–Crippen LogP) is 3.89. The first kappa shape index (κ1) is 27.7. The zero-order valence-electron chi connectivity index (χ0n) is 18.1. The summed E-state index contributed by atoms with van der Waals surface area (Å²) in [6.07, 6.45) is -1.10. The summed E-state index contributed by atoms with van der Waals surface area (Å²) < 4.78 is 56.4. The van der Waals surface area contributed by atoms with Crippen molar-refractivity contribution in [2.45, 2.75) is 33.8 Å². The van der Waals surface area contributed by atoms with Crippen LogP contribution in [0.4, 0.5) is 0 Å². The zero-order chi connectivity index (χ0) is 23.3. The molecule has 0 radical (unpaired) electrons. The molecule has 1 aromatic carbocycles. The van der Waals surface area contributed by atoms with Gasteiger partial charge in [0.05, 0.1) is 38.6 Å². The number of benzene rings is 1. The molecule has 11 nitrogen and oxygen atoms in total. The SMILES string of the molecule is CCOP(=O)(OCC)OCC(CNC(=O)c1ccccc1O)OP(=O)(OCC)OCC. The summed E-state index contributed by atoms with van der Waals surface area (Å²) in [5, 5.41) is 12.4. The second-order valence-corrected chi connectivity index (χ2v) is 9.11. The lowest BCUT2D eigenvalue weighted by atomic mass is 10.2. The van der Waals surface area contributed by atoms with Crippen molar-refractivity contribution in [1.29, 1.82) is 0 Å². The van der Waals surface area contributed by atoms with Gasteiger partial charge in [0.2, 0.25) is 0 Å². The highest BCUT2D eigenvalue weighted by molar-refractivity contribution is 7.48. The molecule has 2 N–H and O–H groups in total. The van der Waals surface area contributed by atoms with Gasteiger partial charge in [0.1, 0.15) is 11.9 Å². The van der Waals surface area contributed by atoms with Gasteiger partial charge in [-0.1, -0.05) is 12.1 Å². The van der Waals surface area contributed by atoms with Crippen molar-refractivity contribution in [1.82, 2.24) is 5.32 Å². The lowest BCUT2D eigenvalue weighted by Crippen LogP contribution is -2.36. The molecule has 0 spiro atoms. The standard InChI is InChI=1S/C18H31NO10P2/c1-5-24-30(22,25-6-2)28-14-15(29-31(23,26-7-3)27-8-4)13-19-18(21)16-11-9-10-12-17(16)20/h9-12,15,20H,5-8,13-14H2,1-4H3,(H,19,21). The maximum atomic E-state index is 12.8. The van der Waals surface area contributed by atoms with Crippen LogP contribution in [0.3, 0.4) is 0 Å². The fourth-order valence-corrected chi connectivity index (χ4v) is 4.83. The first-order chi connectivity index (χ1) is 14.7. The summed E-state index contributed by atoms with van der Waals surface area (Å²) in [6.45, 7) is 6.06. The van der Waals surface area contributed by atoms with Gasteiger partial charge in [-0.3, -0.25) is 31.9 Å². The number of rotatable bonds is 16. The molecule has 178 valence electrons. The van der Waals surface area contributed by atoms with E-state index in [1.54, 1.807) is 39.8 Å². The Bertz CT molecular complexity index is 755. The van der Waals surface area contributed by atoms with Gasteiger partial charge in [-0.25, -0.2) is 9.13 Å². The lowest BCUT2D eigenvalue weighted by molar-refractivity contribution is 0.0385. The molecule has 0 aromatic heterocycles. The van der Waals surface area contributed by atoms with Crippen molar-refractivity contribution in [3.8, 4) is 5.75 Å². The maximum Gasteiger partial charge on any atom is 0.475 e. The highest BCUT2D eigenvalue weighted by Gasteiger charge is 2.33. The average molecular weight is 483 g/mol. The van der Waals surface area contributed by atoms with Crippen LogP contribution in [0.25, 0.3) is 0 Å². The monoisotopic (exact) mass is 483 g/mol. The Morgan fingerprint density at radius 2 is 1.42 bits per heavy atom. The Labute approximate surface area is 182 Å². The van der Waals surface area contributed by atoms with Crippen LogP contribution in [0.5, 0.6) is 5.75 Å². The molecule has 0 bridgehead atoms. The molecule has 31 heavy (non-hydrogen) atoms. The Hall–Kier alpha value is -1.29. The fourth-order valence-electron chi connectivity index (χ4n) is 2.29. The van der Waals surface area contributed by atoms with E-state index in [-0.39, 0.29) is 44.3 Å². The van der Waals surface area contributed by atoms with Crippen LogP contribution in [-0.4, -0.2) is 56.7 Å². The van der Waals surface area contributed by atoms with E-state index in [1.165, 1.54) is 12.1 Å². The number of para-hydroxylation sites is 1. The topological polar surface area (TPSA) is 139 Å². The lowest BCUT2D eigenvalue weighted by Gasteiger charge is -2.25. The minimum absolute atomic E-state index is 0.0364. The van der Waals surface area contributed by atoms with Gasteiger partial charge in [0.25, 0.3) is 5.91 Å². The van der Waals surface area contributed by atoms with Gasteiger partial charge >= 0.3 is 15.6 Å². The number of phenols is 1. The van der Waals surface area contributed by atoms with E-state index >= 15 is 0 Å². The van der Waals surface area contributed by atoms with Crippen LogP contribution < -0.4 is 5.32 Å². The Morgan fingerprint density at radius 1 is 0.903 bits per heavy atom. The predicted molar refractivity (Wildman–Crippen MR) is 113 cm³/mol. The summed E-state index contributed by atoms with van der Waals surface area (Å²) in [5.41, 5.74) is 0.0364. The molecule has 0 fully saturated rings. The molecule has 0 aliphatic carbocycles. The van der Waals surface area contributed by atoms with Crippen molar-refractivity contribution in [3.63, 3.8) is 0 Å². The van der Waals surface area contributed by atoms with E-state index in [9.17, 15) is 19.0 Å². The van der Waals surface area contributed by atoms with Crippen LogP contribution in [0, 0.1) is 0 Å². The highest BCUT2D eigenvalue weighted by Crippen LogP contribution is 2.52. The van der Waals surface area contributed by atoms with Gasteiger partial charge in [-0.05, 0) is 39.8 Å². The van der Waals surface area contributed by atoms with Crippen LogP contribution >= 0.6 is 15.6 Å². The number of hydrogen-bond donors (Lipinski definition) is 2. The highest BCUT2D eigenvalue weighted by atomic mass is 31.2. The van der Waals surface area contributed by atoms with Gasteiger partial charge in [-0.2, -0.15) is 0 Å². The summed E-state index contributed by atoms with van der Waals surface area (Å²) in [7, 11) is -7.87. The largest absolute Gasteiger partial charge is 0.507 e. The Balaban J connectivity index is 2.95. The second kappa shape index (κ2) is 14.0. The molecule has 1 aromatic rings. The molecular weight excluding hydrogens is 452 g/mol. The summed E-state index contributed by atoms with van der Waals surface area (Å²) in [5.74, 6) is -0.813. The normalized spacial score (nSPS) is 13.2. The van der Waals surface area contributed by atoms with Crippen molar-refractivity contribution in [2.75, 3.05) is 39.6 Å². The third kappa shape index (κ3) is 9.80. The number of phosphoric ester groups is 2. The van der Waals surface area contributed by atoms with Gasteiger partial charge in [0.15, 0.2) is 0 Å². The average Bonchev–Trinajstić information content (AvgIpc) is 2.71. The molecule has 0 aliphatic rings. The number of carbonyl (C=O) groups excluding carboxylic acids is 1. The van der Waals surface area contributed by atoms with Crippen molar-refractivity contribution < 1.29 is 46.2 Å². The molecule has 0 saturated heterocycles. The number of amides is 1. The van der Waals surface area contributed by atoms with Crippen LogP contribution in [0.15, 0.2) is 24.3 Å². The van der Waals surface area contributed by atoms with E-state index in [2.05, 4.69) is 5.32 Å². The second-order valence-electron chi connectivity index (χ2n) is 5.82. The summed E-state index contributed by atoms with van der Waals surface area (Å²) in [4.78, 5) is 12.4. The van der Waals surface area contributed by atoms with Gasteiger partial charge in [-0.15, -0.1) is 0 Å². The Morgan fingerprint density at radius 3 is 1.94 bits per heavy atom. The first-order valence-electron chi connectivity index (χ1n) is 9.89. The molecule has 0 heterocycles. The molecule has 1 amide bonds. The van der Waals surface area contributed by atoms with Crippen LogP contribution in [-0.2, 0) is 36.3 Å². The number of nitrogens with one attached hydrogen (secondary N) is 1. The van der Waals surface area contributed by atoms with Crippen molar-refractivity contribution in [2.24, 2.45) is 0 Å². The molecule has 0 saturated carbocycles. The number of hydrogen-bond acceptors (Lipinski definition) is 10. The smallest absolute Gasteiger partial charge is 0.475 e. The molecule has 1 atom stereocenters. The number of phenolic OH excluding ortho intramolecular Hbond substituents is 1. The van der Waals surface area contributed by atoms with Crippen molar-refractivity contribution in [3.05, 3.63) is 29.8 Å². The zero-order valence-corrected chi connectivity index (χ0v) is 19.9. The number of phosphoric acid groups is 2. The fraction of sp³-hybridized carbons (Fsp3) is 0.611. The summed E-state index contributed by atoms with van der Waals surface area (Å²) >= 11 is 0. The van der Waals surface area contributed by atoms with E-state index in [0.717, 1.165) is 0 Å². The number of aromatic hydroxyl groups is 1. The minimum atomic E-state index is -3.98. The van der Waals surface area contributed by atoms with E-state index in [0.29, 0.717) is 0 Å². The van der Waals surface area contributed by atoms with Gasteiger partial charge in [0, 0.05) is 6.54 Å². The van der Waals surface area contributed by atoms with Crippen LogP contribution in [0.1, 0.15) is 38.1 Å². The molecular formula is C18H31NO10P2. The third-order valence-electron chi connectivity index (χ3n) is 3.48. The first-order valence-corrected chi connectivity index (χ1v) is 12.8. The Kier molecular flexibility index (Phi) is 12.5. The molecule has 13 heteroatoms. The minimum Gasteiger partial charge on any atom is -0.507 e. The molecule has 1 rings (SSSR count). The van der Waals surface area contributed by atoms with E-state index in [1.807, 2.05) is 0 Å². The maximum absolute atomic E-state index is 12.8. The van der Waals surface area contributed by atoms with Crippen LogP contribution in [0.2, 0.25) is 0 Å². The van der Waals surface area contributed by atoms with Crippen molar-refractivity contribution >= 4 is 21.6 Å².